The molecule has 0 radical (unpaired) electrons. The molecule has 1 rings (SSSR count). The Morgan fingerprint density at radius 1 is 1.27 bits per heavy atom. The summed E-state index contributed by atoms with van der Waals surface area (Å²) in [6, 6.07) is 3.60. The van der Waals surface area contributed by atoms with E-state index < -0.39 is 12.8 Å². The Bertz CT molecular complexity index is 373. The van der Waals surface area contributed by atoms with Crippen LogP contribution in [0, 0.1) is 5.82 Å². The normalized spacial score (nSPS) is 12.1. The predicted octanol–water partition coefficient (Wildman–Crippen LogP) is 3.23. The van der Waals surface area contributed by atoms with Crippen molar-refractivity contribution in [1.29, 1.82) is 0 Å². The number of methoxy groups -OCH3 is 1. The van der Waals surface area contributed by atoms with Gasteiger partial charge in [-0.3, -0.25) is 0 Å². The second-order valence-corrected chi connectivity index (χ2v) is 2.87. The molecule has 82 valence electrons. The molecular formula is C9H8BF4O-. The Labute approximate surface area is 84.4 Å². The summed E-state index contributed by atoms with van der Waals surface area (Å²) in [7, 11) is 1.36. The van der Waals surface area contributed by atoms with Crippen molar-refractivity contribution in [2.45, 2.75) is 0 Å². The second-order valence-electron chi connectivity index (χ2n) is 2.87. The van der Waals surface area contributed by atoms with E-state index in [1.54, 1.807) is 0 Å². The maximum Gasteiger partial charge on any atom is 0.502 e. The van der Waals surface area contributed by atoms with E-state index in [9.17, 15) is 17.3 Å². The Morgan fingerprint density at radius 3 is 2.47 bits per heavy atom. The molecule has 0 saturated carbocycles. The third-order valence-corrected chi connectivity index (χ3v) is 1.70. The summed E-state index contributed by atoms with van der Waals surface area (Å²) >= 11 is 0. The fourth-order valence-corrected chi connectivity index (χ4v) is 0.989. The second kappa shape index (κ2) is 4.38. The molecule has 0 aliphatic carbocycles. The lowest BCUT2D eigenvalue weighted by atomic mass is 9.90. The van der Waals surface area contributed by atoms with Crippen molar-refractivity contribution in [2.24, 2.45) is 0 Å². The molecule has 15 heavy (non-hydrogen) atoms. The Hall–Kier alpha value is -1.46. The number of rotatable bonds is 3. The van der Waals surface area contributed by atoms with Crippen molar-refractivity contribution < 1.29 is 22.1 Å². The van der Waals surface area contributed by atoms with E-state index in [2.05, 4.69) is 0 Å². The van der Waals surface area contributed by atoms with Crippen molar-refractivity contribution in [3.63, 3.8) is 0 Å². The van der Waals surface area contributed by atoms with E-state index in [-0.39, 0.29) is 11.5 Å². The van der Waals surface area contributed by atoms with Crippen LogP contribution < -0.4 is 4.74 Å². The van der Waals surface area contributed by atoms with Crippen LogP contribution in [0.5, 0.6) is 5.75 Å². The SMILES string of the molecule is COc1ccc(F)c(/C=C/[B-](F)(F)F)c1. The Balaban J connectivity index is 2.98. The molecular weight excluding hydrogens is 211 g/mol. The first kappa shape index (κ1) is 11.6. The lowest BCUT2D eigenvalue weighted by molar-refractivity contribution is 0.413. The van der Waals surface area contributed by atoms with E-state index >= 15 is 0 Å². The third kappa shape index (κ3) is 3.65. The summed E-state index contributed by atoms with van der Waals surface area (Å²) in [5.41, 5.74) is -0.145. The maximum absolute atomic E-state index is 13.0. The van der Waals surface area contributed by atoms with Crippen LogP contribution in [0.2, 0.25) is 0 Å². The van der Waals surface area contributed by atoms with Crippen LogP contribution in [0.4, 0.5) is 17.3 Å². The van der Waals surface area contributed by atoms with E-state index in [4.69, 9.17) is 4.74 Å². The molecule has 0 atom stereocenters. The molecule has 0 saturated heterocycles. The largest absolute Gasteiger partial charge is 0.502 e. The monoisotopic (exact) mass is 219 g/mol. The summed E-state index contributed by atoms with van der Waals surface area (Å²) in [5.74, 6) is -0.365. The maximum atomic E-state index is 13.0. The lowest BCUT2D eigenvalue weighted by Gasteiger charge is -2.07. The average molecular weight is 219 g/mol. The molecule has 0 spiro atoms. The van der Waals surface area contributed by atoms with E-state index in [1.165, 1.54) is 19.2 Å². The number of benzene rings is 1. The van der Waals surface area contributed by atoms with E-state index in [0.29, 0.717) is 11.8 Å². The summed E-state index contributed by atoms with van der Waals surface area (Å²) in [6.45, 7) is -5.05. The van der Waals surface area contributed by atoms with Crippen molar-refractivity contribution in [3.8, 4) is 5.75 Å². The van der Waals surface area contributed by atoms with Gasteiger partial charge in [-0.15, -0.1) is 5.98 Å². The molecule has 0 aliphatic rings. The molecule has 6 heteroatoms. The summed E-state index contributed by atoms with van der Waals surface area (Å²) in [6.07, 6.45) is 0.692. The van der Waals surface area contributed by atoms with Crippen LogP contribution in [0.1, 0.15) is 5.56 Å². The van der Waals surface area contributed by atoms with Crippen LogP contribution in [0.25, 0.3) is 6.08 Å². The van der Waals surface area contributed by atoms with E-state index in [1.807, 2.05) is 0 Å². The lowest BCUT2D eigenvalue weighted by Crippen LogP contribution is -2.09. The van der Waals surface area contributed by atoms with Gasteiger partial charge in [0.05, 0.1) is 7.11 Å². The van der Waals surface area contributed by atoms with Gasteiger partial charge in [-0.1, -0.05) is 6.08 Å². The van der Waals surface area contributed by atoms with Gasteiger partial charge in [0.25, 0.3) is 0 Å². The van der Waals surface area contributed by atoms with E-state index in [0.717, 1.165) is 6.07 Å². The molecule has 0 bridgehead atoms. The topological polar surface area (TPSA) is 9.23 Å². The Morgan fingerprint density at radius 2 is 1.93 bits per heavy atom. The number of hydrogen-bond acceptors (Lipinski definition) is 1. The molecule has 0 N–H and O–H groups in total. The zero-order valence-electron chi connectivity index (χ0n) is 7.88. The van der Waals surface area contributed by atoms with Crippen LogP contribution in [-0.2, 0) is 0 Å². The van der Waals surface area contributed by atoms with Gasteiger partial charge in [0.2, 0.25) is 0 Å². The van der Waals surface area contributed by atoms with Gasteiger partial charge >= 0.3 is 6.98 Å². The van der Waals surface area contributed by atoms with Crippen LogP contribution >= 0.6 is 0 Å². The van der Waals surface area contributed by atoms with Gasteiger partial charge in [0.1, 0.15) is 11.6 Å². The zero-order valence-corrected chi connectivity index (χ0v) is 7.88. The number of ether oxygens (including phenoxy) is 1. The molecule has 0 unspecified atom stereocenters. The summed E-state index contributed by atoms with van der Waals surface area (Å²) in [5, 5.41) is 0. The standard InChI is InChI=1S/C9H8BF4O/c1-15-8-2-3-9(11)7(6-8)4-5-10(12,13)14/h2-6H,1H3/q-1/b5-4+. The number of hydrogen-bond donors (Lipinski definition) is 0. The van der Waals surface area contributed by atoms with Crippen molar-refractivity contribution in [2.75, 3.05) is 7.11 Å². The van der Waals surface area contributed by atoms with Crippen LogP contribution in [0.3, 0.4) is 0 Å². The van der Waals surface area contributed by atoms with Crippen molar-refractivity contribution in [3.05, 3.63) is 35.6 Å². The fourth-order valence-electron chi connectivity index (χ4n) is 0.989. The molecule has 1 aromatic rings. The highest BCUT2D eigenvalue weighted by Crippen LogP contribution is 2.19. The molecule has 0 heterocycles. The van der Waals surface area contributed by atoms with Crippen molar-refractivity contribution >= 4 is 13.1 Å². The fraction of sp³-hybridized carbons (Fsp3) is 0.111. The minimum absolute atomic E-state index is 0.0395. The van der Waals surface area contributed by atoms with Crippen molar-refractivity contribution in [1.82, 2.24) is 0 Å². The van der Waals surface area contributed by atoms with Gasteiger partial charge in [-0.2, -0.15) is 0 Å². The molecule has 0 aliphatic heterocycles. The van der Waals surface area contributed by atoms with Gasteiger partial charge in [-0.25, -0.2) is 4.39 Å². The molecule has 0 fully saturated rings. The summed E-state index contributed by atoms with van der Waals surface area (Å²) < 4.78 is 53.4. The average Bonchev–Trinajstić information content (AvgIpc) is 2.15. The molecule has 1 nitrogen and oxygen atoms in total. The van der Waals surface area contributed by atoms with Gasteiger partial charge in [0.15, 0.2) is 0 Å². The minimum atomic E-state index is -5.05. The number of halogens is 4. The molecule has 0 aromatic heterocycles. The minimum Gasteiger partial charge on any atom is -0.497 e. The zero-order chi connectivity index (χ0) is 11.5. The van der Waals surface area contributed by atoms with Crippen LogP contribution in [0.15, 0.2) is 24.2 Å². The molecule has 0 amide bonds. The highest BCUT2D eigenvalue weighted by molar-refractivity contribution is 6.64. The van der Waals surface area contributed by atoms with Gasteiger partial charge in [0, 0.05) is 5.56 Å². The smallest absolute Gasteiger partial charge is 0.497 e. The molecule has 1 aromatic carbocycles. The highest BCUT2D eigenvalue weighted by atomic mass is 19.4. The first-order chi connectivity index (χ1) is 6.92. The van der Waals surface area contributed by atoms with Gasteiger partial charge < -0.3 is 17.7 Å². The Kier molecular flexibility index (Phi) is 3.39. The van der Waals surface area contributed by atoms with Crippen LogP contribution in [-0.4, -0.2) is 14.1 Å². The highest BCUT2D eigenvalue weighted by Gasteiger charge is 2.17. The first-order valence-corrected chi connectivity index (χ1v) is 4.15. The third-order valence-electron chi connectivity index (χ3n) is 1.70. The first-order valence-electron chi connectivity index (χ1n) is 4.15. The predicted molar refractivity (Wildman–Crippen MR) is 51.1 cm³/mol. The quantitative estimate of drug-likeness (QED) is 0.560. The summed E-state index contributed by atoms with van der Waals surface area (Å²) in [4.78, 5) is 0. The van der Waals surface area contributed by atoms with Gasteiger partial charge in [-0.05, 0) is 18.2 Å².